The largest absolute Gasteiger partial charge is 0.336 e. The number of nitrogens with two attached hydrogens (primary N) is 1. The molecule has 2 N–H and O–H groups in total. The van der Waals surface area contributed by atoms with E-state index in [4.69, 9.17) is 16.7 Å². The lowest BCUT2D eigenvalue weighted by atomic mass is 10.1. The number of rotatable bonds is 2. The quantitative estimate of drug-likeness (QED) is 0.904. The lowest BCUT2D eigenvalue weighted by Crippen LogP contribution is -2.38. The van der Waals surface area contributed by atoms with Crippen LogP contribution in [0.25, 0.3) is 0 Å². The summed E-state index contributed by atoms with van der Waals surface area (Å²) in [7, 11) is -3.94. The van der Waals surface area contributed by atoms with Gasteiger partial charge in [-0.1, -0.05) is 24.4 Å². The number of benzene rings is 1. The Hall–Kier alpha value is -1.11. The van der Waals surface area contributed by atoms with Crippen molar-refractivity contribution in [2.75, 3.05) is 6.54 Å². The Bertz CT molecular complexity index is 646. The number of hydrogen-bond acceptors (Lipinski definition) is 3. The van der Waals surface area contributed by atoms with E-state index in [1.54, 1.807) is 4.90 Å². The second kappa shape index (κ2) is 6.34. The van der Waals surface area contributed by atoms with Crippen LogP contribution in [0.1, 0.15) is 43.0 Å². The van der Waals surface area contributed by atoms with Crippen LogP contribution in [0.15, 0.2) is 23.1 Å². The smallest absolute Gasteiger partial charge is 0.254 e. The Labute approximate surface area is 130 Å². The van der Waals surface area contributed by atoms with E-state index in [9.17, 15) is 13.2 Å². The Kier molecular flexibility index (Phi) is 4.91. The predicted molar refractivity (Wildman–Crippen MR) is 81.8 cm³/mol. The number of carbonyl (C=O) groups is 1. The summed E-state index contributed by atoms with van der Waals surface area (Å²) in [5.41, 5.74) is 0.303. The lowest BCUT2D eigenvalue weighted by molar-refractivity contribution is 0.0697. The molecule has 2 rings (SSSR count). The Morgan fingerprint density at radius 1 is 1.33 bits per heavy atom. The zero-order valence-corrected chi connectivity index (χ0v) is 13.5. The number of hydrogen-bond donors (Lipinski definition) is 1. The molecular formula is C14H19ClN2O3S. The summed E-state index contributed by atoms with van der Waals surface area (Å²) < 4.78 is 23.0. The highest BCUT2D eigenvalue weighted by molar-refractivity contribution is 7.89. The molecule has 116 valence electrons. The van der Waals surface area contributed by atoms with Crippen molar-refractivity contribution >= 4 is 27.5 Å². The van der Waals surface area contributed by atoms with Crippen LogP contribution < -0.4 is 5.14 Å². The third-order valence-corrected chi connectivity index (χ3v) is 5.19. The number of primary sulfonamides is 1. The van der Waals surface area contributed by atoms with Crippen molar-refractivity contribution in [2.24, 2.45) is 5.14 Å². The Morgan fingerprint density at radius 2 is 2.05 bits per heavy atom. The summed E-state index contributed by atoms with van der Waals surface area (Å²) in [6, 6.07) is 4.35. The maximum Gasteiger partial charge on any atom is 0.254 e. The zero-order valence-electron chi connectivity index (χ0n) is 11.9. The topological polar surface area (TPSA) is 80.5 Å². The van der Waals surface area contributed by atoms with Crippen LogP contribution in [0.2, 0.25) is 5.02 Å². The predicted octanol–water partition coefficient (Wildman–Crippen LogP) is 2.39. The number of nitrogens with zero attached hydrogens (tertiary/aromatic N) is 1. The average molecular weight is 331 g/mol. The van der Waals surface area contributed by atoms with Gasteiger partial charge < -0.3 is 4.90 Å². The first-order valence-electron chi connectivity index (χ1n) is 6.94. The van der Waals surface area contributed by atoms with Gasteiger partial charge in [-0.25, -0.2) is 13.6 Å². The van der Waals surface area contributed by atoms with Gasteiger partial charge in [0.25, 0.3) is 5.91 Å². The molecule has 0 aliphatic carbocycles. The molecule has 1 unspecified atom stereocenters. The molecule has 5 nitrogen and oxygen atoms in total. The van der Waals surface area contributed by atoms with Gasteiger partial charge in [-0.2, -0.15) is 0 Å². The molecule has 1 amide bonds. The molecule has 1 aliphatic rings. The van der Waals surface area contributed by atoms with Crippen LogP contribution in [0.3, 0.4) is 0 Å². The highest BCUT2D eigenvalue weighted by atomic mass is 35.5. The van der Waals surface area contributed by atoms with Crippen molar-refractivity contribution < 1.29 is 13.2 Å². The van der Waals surface area contributed by atoms with Gasteiger partial charge in [-0.3, -0.25) is 4.79 Å². The van der Waals surface area contributed by atoms with Crippen molar-refractivity contribution in [3.05, 3.63) is 28.8 Å². The number of sulfonamides is 1. The van der Waals surface area contributed by atoms with Gasteiger partial charge in [-0.05, 0) is 38.0 Å². The van der Waals surface area contributed by atoms with Gasteiger partial charge >= 0.3 is 0 Å². The first-order valence-corrected chi connectivity index (χ1v) is 8.86. The molecule has 0 radical (unpaired) electrons. The molecule has 0 saturated carbocycles. The first kappa shape index (κ1) is 16.3. The van der Waals surface area contributed by atoms with Crippen molar-refractivity contribution in [1.82, 2.24) is 4.90 Å². The van der Waals surface area contributed by atoms with Crippen molar-refractivity contribution in [2.45, 2.75) is 43.5 Å². The normalized spacial score (nSPS) is 20.1. The average Bonchev–Trinajstić information content (AvgIpc) is 2.62. The first-order chi connectivity index (χ1) is 9.80. The zero-order chi connectivity index (χ0) is 15.6. The molecule has 1 fully saturated rings. The number of likely N-dealkylation sites (tertiary alicyclic amines) is 1. The summed E-state index contributed by atoms with van der Waals surface area (Å²) in [6.45, 7) is 2.70. The minimum atomic E-state index is -3.94. The highest BCUT2D eigenvalue weighted by Crippen LogP contribution is 2.24. The monoisotopic (exact) mass is 330 g/mol. The van der Waals surface area contributed by atoms with Crippen molar-refractivity contribution in [3.63, 3.8) is 0 Å². The fourth-order valence-electron chi connectivity index (χ4n) is 2.60. The molecule has 1 aromatic carbocycles. The molecule has 7 heteroatoms. The number of amides is 1. The van der Waals surface area contributed by atoms with E-state index in [0.717, 1.165) is 25.7 Å². The second-order valence-corrected chi connectivity index (χ2v) is 7.32. The molecule has 1 saturated heterocycles. The standard InChI is InChI=1S/C14H19ClN2O3S/c1-10-5-3-2-4-8-17(10)14(18)11-6-7-12(15)13(9-11)21(16,19)20/h6-7,9-10H,2-5,8H2,1H3,(H2,16,19,20). The lowest BCUT2D eigenvalue weighted by Gasteiger charge is -2.27. The minimum Gasteiger partial charge on any atom is -0.336 e. The van der Waals surface area contributed by atoms with E-state index < -0.39 is 10.0 Å². The molecule has 1 atom stereocenters. The summed E-state index contributed by atoms with van der Waals surface area (Å²) in [6.07, 6.45) is 4.14. The minimum absolute atomic E-state index is 0.0259. The van der Waals surface area contributed by atoms with E-state index in [0.29, 0.717) is 12.1 Å². The van der Waals surface area contributed by atoms with Crippen LogP contribution in [-0.2, 0) is 10.0 Å². The second-order valence-electron chi connectivity index (χ2n) is 5.39. The van der Waals surface area contributed by atoms with Gasteiger partial charge in [0.2, 0.25) is 10.0 Å². The third kappa shape index (κ3) is 3.75. The summed E-state index contributed by atoms with van der Waals surface area (Å²) in [5.74, 6) is -0.175. The maximum atomic E-state index is 12.6. The maximum absolute atomic E-state index is 12.6. The third-order valence-electron chi connectivity index (χ3n) is 3.80. The van der Waals surface area contributed by atoms with Crippen LogP contribution in [0.5, 0.6) is 0 Å². The van der Waals surface area contributed by atoms with E-state index >= 15 is 0 Å². The van der Waals surface area contributed by atoms with Gasteiger partial charge in [0.1, 0.15) is 4.90 Å². The summed E-state index contributed by atoms with van der Waals surface area (Å²) >= 11 is 5.84. The molecule has 1 aromatic rings. The van der Waals surface area contributed by atoms with Crippen LogP contribution in [0.4, 0.5) is 0 Å². The van der Waals surface area contributed by atoms with Crippen LogP contribution in [0, 0.1) is 0 Å². The van der Waals surface area contributed by atoms with Gasteiger partial charge in [0, 0.05) is 18.2 Å². The van der Waals surface area contributed by atoms with E-state index in [2.05, 4.69) is 0 Å². The van der Waals surface area contributed by atoms with E-state index in [1.165, 1.54) is 18.2 Å². The molecule has 0 aromatic heterocycles. The highest BCUT2D eigenvalue weighted by Gasteiger charge is 2.24. The molecular weight excluding hydrogens is 312 g/mol. The van der Waals surface area contributed by atoms with E-state index in [1.807, 2.05) is 6.92 Å². The van der Waals surface area contributed by atoms with Crippen LogP contribution >= 0.6 is 11.6 Å². The van der Waals surface area contributed by atoms with Gasteiger partial charge in [-0.15, -0.1) is 0 Å². The Balaban J connectivity index is 2.35. The fraction of sp³-hybridized carbons (Fsp3) is 0.500. The Morgan fingerprint density at radius 3 is 2.71 bits per heavy atom. The summed E-state index contributed by atoms with van der Waals surface area (Å²) in [4.78, 5) is 14.2. The van der Waals surface area contributed by atoms with Crippen molar-refractivity contribution in [3.8, 4) is 0 Å². The molecule has 1 aliphatic heterocycles. The van der Waals surface area contributed by atoms with E-state index in [-0.39, 0.29) is 21.9 Å². The summed E-state index contributed by atoms with van der Waals surface area (Å²) in [5, 5.41) is 5.15. The molecule has 0 bridgehead atoms. The number of carbonyl (C=O) groups excluding carboxylic acids is 1. The molecule has 21 heavy (non-hydrogen) atoms. The van der Waals surface area contributed by atoms with Gasteiger partial charge in [0.05, 0.1) is 5.02 Å². The fourth-order valence-corrected chi connectivity index (χ4v) is 3.67. The van der Waals surface area contributed by atoms with Crippen LogP contribution in [-0.4, -0.2) is 31.8 Å². The molecule has 1 heterocycles. The molecule has 0 spiro atoms. The van der Waals surface area contributed by atoms with Gasteiger partial charge in [0.15, 0.2) is 0 Å². The SMILES string of the molecule is CC1CCCCCN1C(=O)c1ccc(Cl)c(S(N)(=O)=O)c1. The van der Waals surface area contributed by atoms with Crippen molar-refractivity contribution in [1.29, 1.82) is 0 Å². The number of halogens is 1.